The summed E-state index contributed by atoms with van der Waals surface area (Å²) < 4.78 is 50.7. The van der Waals surface area contributed by atoms with Crippen molar-refractivity contribution in [1.29, 1.82) is 0 Å². The van der Waals surface area contributed by atoms with Crippen molar-refractivity contribution in [2.75, 3.05) is 44.4 Å². The zero-order valence-corrected chi connectivity index (χ0v) is 18.8. The van der Waals surface area contributed by atoms with Crippen LogP contribution in [0.5, 0.6) is 11.5 Å². The van der Waals surface area contributed by atoms with Gasteiger partial charge < -0.3 is 23.8 Å². The van der Waals surface area contributed by atoms with Crippen LogP contribution in [0.15, 0.2) is 58.5 Å². The highest BCUT2D eigenvalue weighted by molar-refractivity contribution is 7.91. The fraction of sp³-hybridized carbons (Fsp3) is 0.375. The minimum absolute atomic E-state index is 0.182. The van der Waals surface area contributed by atoms with Gasteiger partial charge in [0.25, 0.3) is 0 Å². The summed E-state index contributed by atoms with van der Waals surface area (Å²) in [5.74, 6) is 0.659. The van der Waals surface area contributed by atoms with E-state index in [0.29, 0.717) is 75.1 Å². The molecule has 0 atom stereocenters. The van der Waals surface area contributed by atoms with Crippen molar-refractivity contribution in [3.05, 3.63) is 48.7 Å². The Kier molecular flexibility index (Phi) is 4.93. The topological polar surface area (TPSA) is 87.2 Å². The number of hydrogen-bond donors (Lipinski definition) is 0. The molecular formula is C24H24N2O6S. The van der Waals surface area contributed by atoms with Crippen LogP contribution in [-0.2, 0) is 19.3 Å². The van der Waals surface area contributed by atoms with Gasteiger partial charge in [0, 0.05) is 43.6 Å². The molecule has 4 heterocycles. The number of piperidine rings is 1. The molecule has 2 aromatic carbocycles. The predicted octanol–water partition coefficient (Wildman–Crippen LogP) is 3.18. The van der Waals surface area contributed by atoms with Gasteiger partial charge >= 0.3 is 0 Å². The molecule has 0 aliphatic carbocycles. The minimum atomic E-state index is -3.80. The standard InChI is InChI=1S/C24H24N2O6S/c27-33(28,17-4-2-1-3-5-17)22-16-25-19-15-21-20(29-10-11-30-21)14-18(19)23(22)26-8-6-24(7-9-26)31-12-13-32-24/h1-5,14-16H,6-13H2. The Bertz CT molecular complexity index is 1300. The summed E-state index contributed by atoms with van der Waals surface area (Å²) in [6.07, 6.45) is 2.78. The maximum Gasteiger partial charge on any atom is 0.210 e. The van der Waals surface area contributed by atoms with Crippen LogP contribution in [0.2, 0.25) is 0 Å². The van der Waals surface area contributed by atoms with Crippen molar-refractivity contribution in [3.8, 4) is 11.5 Å². The minimum Gasteiger partial charge on any atom is -0.486 e. The third-order valence-corrected chi connectivity index (χ3v) is 8.24. The van der Waals surface area contributed by atoms with Crippen LogP contribution in [0.25, 0.3) is 10.9 Å². The first-order valence-electron chi connectivity index (χ1n) is 11.1. The van der Waals surface area contributed by atoms with Gasteiger partial charge in [0.05, 0.1) is 29.3 Å². The number of nitrogens with zero attached hydrogens (tertiary/aromatic N) is 2. The molecule has 3 aliphatic rings. The first-order valence-corrected chi connectivity index (χ1v) is 12.6. The number of ether oxygens (including phenoxy) is 4. The molecule has 6 rings (SSSR count). The van der Waals surface area contributed by atoms with Crippen molar-refractivity contribution in [2.24, 2.45) is 0 Å². The molecule has 0 amide bonds. The van der Waals surface area contributed by atoms with Crippen LogP contribution in [-0.4, -0.2) is 58.7 Å². The molecule has 8 nitrogen and oxygen atoms in total. The monoisotopic (exact) mass is 468 g/mol. The highest BCUT2D eigenvalue weighted by Crippen LogP contribution is 2.43. The van der Waals surface area contributed by atoms with E-state index in [1.807, 2.05) is 12.1 Å². The van der Waals surface area contributed by atoms with E-state index in [4.69, 9.17) is 18.9 Å². The number of pyridine rings is 1. The normalized spacial score (nSPS) is 19.8. The SMILES string of the molecule is O=S(=O)(c1ccccc1)c1cnc2cc3c(cc2c1N1CCC2(CC1)OCCO2)OCCO3. The Balaban J connectivity index is 1.51. The van der Waals surface area contributed by atoms with Gasteiger partial charge in [-0.2, -0.15) is 0 Å². The van der Waals surface area contributed by atoms with E-state index in [0.717, 1.165) is 5.39 Å². The van der Waals surface area contributed by atoms with Gasteiger partial charge in [-0.15, -0.1) is 0 Å². The molecule has 1 aromatic heterocycles. The van der Waals surface area contributed by atoms with Gasteiger partial charge in [-0.05, 0) is 18.2 Å². The van der Waals surface area contributed by atoms with Crippen LogP contribution < -0.4 is 14.4 Å². The fourth-order valence-electron chi connectivity index (χ4n) is 4.80. The molecule has 172 valence electrons. The molecule has 2 saturated heterocycles. The second-order valence-corrected chi connectivity index (χ2v) is 10.3. The lowest BCUT2D eigenvalue weighted by atomic mass is 10.0. The molecule has 0 N–H and O–H groups in total. The molecule has 0 saturated carbocycles. The molecule has 33 heavy (non-hydrogen) atoms. The van der Waals surface area contributed by atoms with Crippen molar-refractivity contribution < 1.29 is 27.4 Å². The van der Waals surface area contributed by atoms with E-state index < -0.39 is 15.6 Å². The summed E-state index contributed by atoms with van der Waals surface area (Å²) in [5.41, 5.74) is 1.29. The molecule has 0 bridgehead atoms. The average molecular weight is 469 g/mol. The third kappa shape index (κ3) is 3.51. The van der Waals surface area contributed by atoms with Crippen molar-refractivity contribution in [1.82, 2.24) is 4.98 Å². The van der Waals surface area contributed by atoms with Crippen LogP contribution in [0, 0.1) is 0 Å². The predicted molar refractivity (Wildman–Crippen MR) is 121 cm³/mol. The first-order chi connectivity index (χ1) is 16.1. The summed E-state index contributed by atoms with van der Waals surface area (Å²) in [7, 11) is -3.80. The molecule has 3 aliphatic heterocycles. The van der Waals surface area contributed by atoms with E-state index in [1.165, 1.54) is 6.20 Å². The van der Waals surface area contributed by atoms with Crippen LogP contribution in [0.3, 0.4) is 0 Å². The molecule has 0 radical (unpaired) electrons. The Hall–Kier alpha value is -2.88. The third-order valence-electron chi connectivity index (χ3n) is 6.47. The van der Waals surface area contributed by atoms with Crippen LogP contribution in [0.4, 0.5) is 5.69 Å². The van der Waals surface area contributed by atoms with Gasteiger partial charge in [0.1, 0.15) is 18.1 Å². The second kappa shape index (κ2) is 7.86. The molecule has 1 spiro atoms. The Morgan fingerprint density at radius 3 is 2.24 bits per heavy atom. The lowest BCUT2D eigenvalue weighted by molar-refractivity contribution is -0.169. The maximum atomic E-state index is 13.7. The number of aromatic nitrogens is 1. The Morgan fingerprint density at radius 2 is 1.55 bits per heavy atom. The van der Waals surface area contributed by atoms with Gasteiger partial charge in [-0.1, -0.05) is 18.2 Å². The van der Waals surface area contributed by atoms with Gasteiger partial charge in [-0.3, -0.25) is 4.98 Å². The molecule has 2 fully saturated rings. The van der Waals surface area contributed by atoms with Gasteiger partial charge in [-0.25, -0.2) is 8.42 Å². The molecule has 3 aromatic rings. The molecular weight excluding hydrogens is 444 g/mol. The van der Waals surface area contributed by atoms with Crippen molar-refractivity contribution in [2.45, 2.75) is 28.4 Å². The number of anilines is 1. The summed E-state index contributed by atoms with van der Waals surface area (Å²) >= 11 is 0. The molecule has 0 unspecified atom stereocenters. The van der Waals surface area contributed by atoms with E-state index in [9.17, 15) is 8.42 Å². The second-order valence-electron chi connectivity index (χ2n) is 8.40. The summed E-state index contributed by atoms with van der Waals surface area (Å²) in [6, 6.07) is 12.1. The quantitative estimate of drug-likeness (QED) is 0.579. The average Bonchev–Trinajstić information content (AvgIpc) is 3.31. The Morgan fingerprint density at radius 1 is 0.879 bits per heavy atom. The number of rotatable bonds is 3. The van der Waals surface area contributed by atoms with Crippen molar-refractivity contribution >= 4 is 26.4 Å². The van der Waals surface area contributed by atoms with E-state index >= 15 is 0 Å². The number of fused-ring (bicyclic) bond motifs is 2. The zero-order valence-electron chi connectivity index (χ0n) is 18.0. The van der Waals surface area contributed by atoms with E-state index in [1.54, 1.807) is 30.3 Å². The highest BCUT2D eigenvalue weighted by Gasteiger charge is 2.41. The lowest BCUT2D eigenvalue weighted by Crippen LogP contribution is -2.45. The zero-order chi connectivity index (χ0) is 22.5. The maximum absolute atomic E-state index is 13.7. The largest absolute Gasteiger partial charge is 0.486 e. The van der Waals surface area contributed by atoms with E-state index in [2.05, 4.69) is 9.88 Å². The smallest absolute Gasteiger partial charge is 0.210 e. The lowest BCUT2D eigenvalue weighted by Gasteiger charge is -2.39. The van der Waals surface area contributed by atoms with Gasteiger partial charge in [0.2, 0.25) is 9.84 Å². The molecule has 9 heteroatoms. The summed E-state index contributed by atoms with van der Waals surface area (Å²) in [4.78, 5) is 7.04. The summed E-state index contributed by atoms with van der Waals surface area (Å²) in [5, 5.41) is 0.723. The number of sulfone groups is 1. The Labute approximate surface area is 191 Å². The number of benzene rings is 2. The number of hydrogen-bond acceptors (Lipinski definition) is 8. The van der Waals surface area contributed by atoms with Crippen molar-refractivity contribution in [3.63, 3.8) is 0 Å². The fourth-order valence-corrected chi connectivity index (χ4v) is 6.26. The van der Waals surface area contributed by atoms with Gasteiger partial charge in [0.15, 0.2) is 17.3 Å². The van der Waals surface area contributed by atoms with E-state index in [-0.39, 0.29) is 9.79 Å². The van der Waals surface area contributed by atoms with Crippen LogP contribution >= 0.6 is 0 Å². The summed E-state index contributed by atoms with van der Waals surface area (Å²) in [6.45, 7) is 3.31. The first kappa shape index (κ1) is 20.7. The van der Waals surface area contributed by atoms with Crippen LogP contribution in [0.1, 0.15) is 12.8 Å². The highest BCUT2D eigenvalue weighted by atomic mass is 32.2.